The summed E-state index contributed by atoms with van der Waals surface area (Å²) in [5.74, 6) is 1.43. The third kappa shape index (κ3) is 3.35. The van der Waals surface area contributed by atoms with Crippen LogP contribution in [0.2, 0.25) is 0 Å². The maximum absolute atomic E-state index is 12.4. The van der Waals surface area contributed by atoms with Gasteiger partial charge in [-0.05, 0) is 26.0 Å². The lowest BCUT2D eigenvalue weighted by Crippen LogP contribution is -2.48. The first-order chi connectivity index (χ1) is 9.52. The molecule has 1 aliphatic heterocycles. The zero-order valence-electron chi connectivity index (χ0n) is 12.1. The van der Waals surface area contributed by atoms with Gasteiger partial charge in [-0.25, -0.2) is 0 Å². The summed E-state index contributed by atoms with van der Waals surface area (Å²) in [6, 6.07) is 3.73. The summed E-state index contributed by atoms with van der Waals surface area (Å²) in [4.78, 5) is 30.4. The second-order valence-electron chi connectivity index (χ2n) is 4.92. The summed E-state index contributed by atoms with van der Waals surface area (Å²) in [5.41, 5.74) is 0. The van der Waals surface area contributed by atoms with Crippen molar-refractivity contribution in [3.05, 3.63) is 21.9 Å². The molecule has 1 aliphatic rings. The fourth-order valence-corrected chi connectivity index (χ4v) is 4.19. The van der Waals surface area contributed by atoms with Gasteiger partial charge in [0.25, 0.3) is 0 Å². The third-order valence-electron chi connectivity index (χ3n) is 3.46. The molecule has 0 N–H and O–H groups in total. The van der Waals surface area contributed by atoms with Crippen LogP contribution in [0.1, 0.15) is 16.7 Å². The lowest BCUT2D eigenvalue weighted by atomic mass is 10.2. The number of hydrogen-bond acceptors (Lipinski definition) is 4. The molecule has 1 saturated heterocycles. The van der Waals surface area contributed by atoms with Gasteiger partial charge in [0.1, 0.15) is 6.04 Å². The summed E-state index contributed by atoms with van der Waals surface area (Å²) in [6.45, 7) is 4.65. The fraction of sp³-hybridized carbons (Fsp3) is 0.571. The Labute approximate surface area is 128 Å². The van der Waals surface area contributed by atoms with Crippen LogP contribution >= 0.6 is 23.1 Å². The van der Waals surface area contributed by atoms with Crippen molar-refractivity contribution in [3.8, 4) is 0 Å². The molecule has 0 unspecified atom stereocenters. The Morgan fingerprint density at radius 1 is 1.45 bits per heavy atom. The van der Waals surface area contributed by atoms with Crippen LogP contribution in [-0.2, 0) is 16.0 Å². The van der Waals surface area contributed by atoms with E-state index in [1.807, 2.05) is 26.0 Å². The summed E-state index contributed by atoms with van der Waals surface area (Å²) in [5, 5.41) is 0. The number of amides is 2. The molecule has 2 rings (SSSR count). The average molecular weight is 312 g/mol. The molecule has 4 nitrogen and oxygen atoms in total. The van der Waals surface area contributed by atoms with Gasteiger partial charge < -0.3 is 9.80 Å². The van der Waals surface area contributed by atoms with Crippen molar-refractivity contribution in [2.45, 2.75) is 26.3 Å². The van der Waals surface area contributed by atoms with Crippen LogP contribution in [0, 0.1) is 6.92 Å². The highest BCUT2D eigenvalue weighted by molar-refractivity contribution is 7.99. The van der Waals surface area contributed by atoms with Gasteiger partial charge in [-0.1, -0.05) is 0 Å². The Morgan fingerprint density at radius 3 is 2.80 bits per heavy atom. The highest BCUT2D eigenvalue weighted by Crippen LogP contribution is 2.24. The van der Waals surface area contributed by atoms with Crippen molar-refractivity contribution in [2.24, 2.45) is 0 Å². The van der Waals surface area contributed by atoms with Crippen LogP contribution in [0.5, 0.6) is 0 Å². The number of carbonyl (C=O) groups is 2. The highest BCUT2D eigenvalue weighted by Gasteiger charge is 2.35. The van der Waals surface area contributed by atoms with E-state index in [0.29, 0.717) is 24.6 Å². The topological polar surface area (TPSA) is 40.6 Å². The number of aryl methyl sites for hydroxylation is 1. The monoisotopic (exact) mass is 312 g/mol. The van der Waals surface area contributed by atoms with Gasteiger partial charge in [-0.3, -0.25) is 9.59 Å². The zero-order valence-corrected chi connectivity index (χ0v) is 13.7. The number of rotatable bonds is 4. The van der Waals surface area contributed by atoms with Crippen LogP contribution < -0.4 is 0 Å². The first-order valence-electron chi connectivity index (χ1n) is 6.70. The highest BCUT2D eigenvalue weighted by atomic mass is 32.2. The van der Waals surface area contributed by atoms with Crippen LogP contribution in [0.25, 0.3) is 0 Å². The van der Waals surface area contributed by atoms with Crippen molar-refractivity contribution in [3.63, 3.8) is 0 Å². The summed E-state index contributed by atoms with van der Waals surface area (Å²) < 4.78 is 0. The first kappa shape index (κ1) is 15.4. The second-order valence-corrected chi connectivity index (χ2v) is 7.29. The molecule has 110 valence electrons. The number of carbonyl (C=O) groups excluding carboxylic acids is 2. The number of hydrogen-bond donors (Lipinski definition) is 0. The van der Waals surface area contributed by atoms with Gasteiger partial charge in [-0.2, -0.15) is 0 Å². The molecule has 0 bridgehead atoms. The van der Waals surface area contributed by atoms with E-state index in [4.69, 9.17) is 0 Å². The normalized spacial score (nSPS) is 18.4. The SMILES string of the molecule is CCN(C)C(=O)[C@H]1CSCN1C(=O)Cc1ccc(C)s1. The van der Waals surface area contributed by atoms with E-state index in [2.05, 4.69) is 0 Å². The third-order valence-corrected chi connectivity index (χ3v) is 5.47. The molecule has 1 atom stereocenters. The zero-order chi connectivity index (χ0) is 14.7. The molecule has 0 spiro atoms. The van der Waals surface area contributed by atoms with E-state index in [1.165, 1.54) is 4.88 Å². The van der Waals surface area contributed by atoms with Gasteiger partial charge in [0, 0.05) is 29.1 Å². The van der Waals surface area contributed by atoms with Crippen molar-refractivity contribution in [1.29, 1.82) is 0 Å². The number of thioether (sulfide) groups is 1. The predicted octanol–water partition coefficient (Wildman–Crippen LogP) is 1.98. The molecule has 1 aromatic heterocycles. The van der Waals surface area contributed by atoms with Crippen molar-refractivity contribution < 1.29 is 9.59 Å². The predicted molar refractivity (Wildman–Crippen MR) is 84.0 cm³/mol. The molecule has 6 heteroatoms. The molecule has 2 heterocycles. The molecule has 0 saturated carbocycles. The molecule has 0 aliphatic carbocycles. The van der Waals surface area contributed by atoms with Crippen LogP contribution in [0.4, 0.5) is 0 Å². The number of likely N-dealkylation sites (N-methyl/N-ethyl adjacent to an activating group) is 1. The first-order valence-corrected chi connectivity index (χ1v) is 8.67. The van der Waals surface area contributed by atoms with E-state index in [1.54, 1.807) is 39.9 Å². The molecular weight excluding hydrogens is 292 g/mol. The van der Waals surface area contributed by atoms with Crippen LogP contribution in [0.3, 0.4) is 0 Å². The molecule has 0 aromatic carbocycles. The van der Waals surface area contributed by atoms with Crippen molar-refractivity contribution >= 4 is 34.9 Å². The molecule has 2 amide bonds. The fourth-order valence-electron chi connectivity index (χ4n) is 2.13. The average Bonchev–Trinajstić information content (AvgIpc) is 3.05. The Morgan fingerprint density at radius 2 is 2.20 bits per heavy atom. The van der Waals surface area contributed by atoms with E-state index < -0.39 is 0 Å². The standard InChI is InChI=1S/C14H20N2O2S2/c1-4-15(3)14(18)12-8-19-9-16(12)13(17)7-11-6-5-10(2)20-11/h5-6,12H,4,7-9H2,1-3H3/t12-/m1/s1. The largest absolute Gasteiger partial charge is 0.344 e. The Hall–Kier alpha value is -1.01. The van der Waals surface area contributed by atoms with Crippen molar-refractivity contribution in [2.75, 3.05) is 25.2 Å². The van der Waals surface area contributed by atoms with E-state index in [-0.39, 0.29) is 17.9 Å². The number of thiophene rings is 1. The summed E-state index contributed by atoms with van der Waals surface area (Å²) in [7, 11) is 1.79. The Bertz CT molecular complexity index is 501. The molecule has 1 aromatic rings. The van der Waals surface area contributed by atoms with E-state index in [0.717, 1.165) is 4.88 Å². The lowest BCUT2D eigenvalue weighted by molar-refractivity contribution is -0.142. The van der Waals surface area contributed by atoms with E-state index in [9.17, 15) is 9.59 Å². The summed E-state index contributed by atoms with van der Waals surface area (Å²) >= 11 is 3.30. The quantitative estimate of drug-likeness (QED) is 0.853. The maximum atomic E-state index is 12.4. The Balaban J connectivity index is 2.03. The molecular formula is C14H20N2O2S2. The van der Waals surface area contributed by atoms with Gasteiger partial charge in [-0.15, -0.1) is 23.1 Å². The van der Waals surface area contributed by atoms with E-state index >= 15 is 0 Å². The lowest BCUT2D eigenvalue weighted by Gasteiger charge is -2.26. The van der Waals surface area contributed by atoms with Crippen LogP contribution in [-0.4, -0.2) is 52.9 Å². The van der Waals surface area contributed by atoms with Gasteiger partial charge >= 0.3 is 0 Å². The second kappa shape index (κ2) is 6.63. The van der Waals surface area contributed by atoms with Gasteiger partial charge in [0.15, 0.2) is 0 Å². The molecule has 1 fully saturated rings. The van der Waals surface area contributed by atoms with Gasteiger partial charge in [0.05, 0.1) is 12.3 Å². The number of nitrogens with zero attached hydrogens (tertiary/aromatic N) is 2. The van der Waals surface area contributed by atoms with Crippen molar-refractivity contribution in [1.82, 2.24) is 9.80 Å². The van der Waals surface area contributed by atoms with Crippen LogP contribution in [0.15, 0.2) is 12.1 Å². The minimum atomic E-state index is -0.293. The van der Waals surface area contributed by atoms with Gasteiger partial charge in [0.2, 0.25) is 11.8 Å². The molecule has 0 radical (unpaired) electrons. The maximum Gasteiger partial charge on any atom is 0.245 e. The molecule has 20 heavy (non-hydrogen) atoms. The summed E-state index contributed by atoms with van der Waals surface area (Å²) in [6.07, 6.45) is 0.401. The minimum absolute atomic E-state index is 0.0493. The minimum Gasteiger partial charge on any atom is -0.344 e. The Kier molecular flexibility index (Phi) is 5.10. The smallest absolute Gasteiger partial charge is 0.245 e.